The zero-order chi connectivity index (χ0) is 17.8. The molecular weight excluding hydrogens is 328 g/mol. The van der Waals surface area contributed by atoms with Gasteiger partial charge in [-0.1, -0.05) is 30.3 Å². The number of hydrogen-bond donors (Lipinski definition) is 0. The predicted molar refractivity (Wildman–Crippen MR) is 99.8 cm³/mol. The quantitative estimate of drug-likeness (QED) is 0.832. The van der Waals surface area contributed by atoms with Gasteiger partial charge in [-0.15, -0.1) is 0 Å². The number of hydrogen-bond acceptors (Lipinski definition) is 4. The molecule has 3 aliphatic heterocycles. The second kappa shape index (κ2) is 8.07. The molecule has 0 bridgehead atoms. The minimum absolute atomic E-state index is 0.0533. The summed E-state index contributed by atoms with van der Waals surface area (Å²) >= 11 is 0. The van der Waals surface area contributed by atoms with E-state index in [4.69, 9.17) is 9.47 Å². The summed E-state index contributed by atoms with van der Waals surface area (Å²) in [5.41, 5.74) is 1.27. The van der Waals surface area contributed by atoms with E-state index in [2.05, 4.69) is 34.1 Å². The highest BCUT2D eigenvalue weighted by Gasteiger charge is 2.38. The van der Waals surface area contributed by atoms with Crippen LogP contribution in [0, 0.1) is 5.92 Å². The summed E-state index contributed by atoms with van der Waals surface area (Å²) in [6, 6.07) is 10.5. The molecule has 1 spiro atoms. The Morgan fingerprint density at radius 2 is 1.85 bits per heavy atom. The Kier molecular flexibility index (Phi) is 5.57. The highest BCUT2D eigenvalue weighted by Crippen LogP contribution is 2.31. The molecule has 0 saturated carbocycles. The maximum Gasteiger partial charge on any atom is 0.227 e. The van der Waals surface area contributed by atoms with E-state index >= 15 is 0 Å². The van der Waals surface area contributed by atoms with Crippen molar-refractivity contribution in [2.75, 3.05) is 46.0 Å². The zero-order valence-corrected chi connectivity index (χ0v) is 15.6. The van der Waals surface area contributed by atoms with E-state index < -0.39 is 0 Å². The molecule has 1 aromatic rings. The van der Waals surface area contributed by atoms with Gasteiger partial charge in [0.1, 0.15) is 0 Å². The minimum atomic E-state index is -0.0533. The van der Waals surface area contributed by atoms with Crippen LogP contribution in [0.4, 0.5) is 0 Å². The summed E-state index contributed by atoms with van der Waals surface area (Å²) in [6.45, 7) is 6.62. The van der Waals surface area contributed by atoms with Crippen LogP contribution in [0.5, 0.6) is 0 Å². The van der Waals surface area contributed by atoms with Crippen molar-refractivity contribution < 1.29 is 14.3 Å². The van der Waals surface area contributed by atoms with Crippen LogP contribution in [0.15, 0.2) is 30.3 Å². The molecule has 1 amide bonds. The smallest absolute Gasteiger partial charge is 0.227 e. The second-order valence-electron chi connectivity index (χ2n) is 7.93. The zero-order valence-electron chi connectivity index (χ0n) is 15.6. The van der Waals surface area contributed by atoms with Gasteiger partial charge >= 0.3 is 0 Å². The van der Waals surface area contributed by atoms with E-state index in [1.54, 1.807) is 0 Å². The Balaban J connectivity index is 1.30. The van der Waals surface area contributed by atoms with Crippen LogP contribution in [-0.2, 0) is 20.8 Å². The van der Waals surface area contributed by atoms with E-state index in [1.807, 2.05) is 6.07 Å². The number of carbonyl (C=O) groups is 1. The van der Waals surface area contributed by atoms with Gasteiger partial charge in [-0.2, -0.15) is 0 Å². The van der Waals surface area contributed by atoms with Gasteiger partial charge in [-0.3, -0.25) is 9.69 Å². The summed E-state index contributed by atoms with van der Waals surface area (Å²) in [6.07, 6.45) is 3.84. The predicted octanol–water partition coefficient (Wildman–Crippen LogP) is 2.31. The lowest BCUT2D eigenvalue weighted by Crippen LogP contribution is -2.41. The topological polar surface area (TPSA) is 42.0 Å². The van der Waals surface area contributed by atoms with Gasteiger partial charge in [-0.05, 0) is 37.8 Å². The largest absolute Gasteiger partial charge is 0.381 e. The first kappa shape index (κ1) is 18.0. The molecule has 0 aromatic heterocycles. The number of likely N-dealkylation sites (tertiary alicyclic amines) is 1. The summed E-state index contributed by atoms with van der Waals surface area (Å²) < 4.78 is 11.7. The highest BCUT2D eigenvalue weighted by atomic mass is 16.5. The molecule has 142 valence electrons. The highest BCUT2D eigenvalue weighted by molar-refractivity contribution is 5.79. The van der Waals surface area contributed by atoms with Crippen molar-refractivity contribution in [3.63, 3.8) is 0 Å². The second-order valence-corrected chi connectivity index (χ2v) is 7.93. The fourth-order valence-corrected chi connectivity index (χ4v) is 4.53. The van der Waals surface area contributed by atoms with Crippen molar-refractivity contribution in [3.05, 3.63) is 35.9 Å². The maximum absolute atomic E-state index is 13.0. The van der Waals surface area contributed by atoms with E-state index in [-0.39, 0.29) is 11.5 Å². The molecular formula is C21H30N2O3. The van der Waals surface area contributed by atoms with Crippen LogP contribution < -0.4 is 0 Å². The standard InChI is InChI=1S/C21H30N2O3/c24-20(19-6-10-22(17-19)16-18-4-2-1-3-5-18)23-11-7-21(26-15-12-23)8-13-25-14-9-21/h1-5,19H,6-17H2. The third kappa shape index (κ3) is 4.11. The van der Waals surface area contributed by atoms with E-state index in [0.717, 1.165) is 71.6 Å². The minimum Gasteiger partial charge on any atom is -0.381 e. The molecule has 1 aromatic carbocycles. The van der Waals surface area contributed by atoms with Crippen molar-refractivity contribution >= 4 is 5.91 Å². The third-order valence-electron chi connectivity index (χ3n) is 6.19. The fraction of sp³-hybridized carbons (Fsp3) is 0.667. The Hall–Kier alpha value is -1.43. The lowest BCUT2D eigenvalue weighted by molar-refractivity contribution is -0.135. The van der Waals surface area contributed by atoms with Crippen LogP contribution in [0.3, 0.4) is 0 Å². The molecule has 1 atom stereocenters. The molecule has 0 radical (unpaired) electrons. The average molecular weight is 358 g/mol. The Morgan fingerprint density at radius 3 is 2.65 bits per heavy atom. The van der Waals surface area contributed by atoms with E-state index in [1.165, 1.54) is 5.56 Å². The van der Waals surface area contributed by atoms with Crippen LogP contribution in [-0.4, -0.2) is 67.3 Å². The first-order valence-corrected chi connectivity index (χ1v) is 10.0. The number of ether oxygens (including phenoxy) is 2. The molecule has 5 heteroatoms. The van der Waals surface area contributed by atoms with Gasteiger partial charge in [0, 0.05) is 39.4 Å². The average Bonchev–Trinajstić information content (AvgIpc) is 3.05. The first-order chi connectivity index (χ1) is 12.7. The Labute approximate surface area is 156 Å². The van der Waals surface area contributed by atoms with Crippen molar-refractivity contribution in [1.29, 1.82) is 0 Å². The SMILES string of the molecule is O=C(C1CCN(Cc2ccccc2)C1)N1CCOC2(CCOCC2)CC1. The molecule has 1 unspecified atom stereocenters. The maximum atomic E-state index is 13.0. The summed E-state index contributed by atoms with van der Waals surface area (Å²) in [7, 11) is 0. The third-order valence-corrected chi connectivity index (χ3v) is 6.19. The Bertz CT molecular complexity index is 601. The van der Waals surface area contributed by atoms with Crippen molar-refractivity contribution in [2.45, 2.75) is 37.8 Å². The van der Waals surface area contributed by atoms with Gasteiger partial charge in [0.2, 0.25) is 5.91 Å². The van der Waals surface area contributed by atoms with Gasteiger partial charge in [-0.25, -0.2) is 0 Å². The first-order valence-electron chi connectivity index (χ1n) is 10.0. The Morgan fingerprint density at radius 1 is 1.04 bits per heavy atom. The molecule has 3 aliphatic rings. The monoisotopic (exact) mass is 358 g/mol. The van der Waals surface area contributed by atoms with Crippen molar-refractivity contribution in [2.24, 2.45) is 5.92 Å². The summed E-state index contributed by atoms with van der Waals surface area (Å²) in [4.78, 5) is 17.5. The van der Waals surface area contributed by atoms with Crippen LogP contribution >= 0.6 is 0 Å². The lowest BCUT2D eigenvalue weighted by Gasteiger charge is -2.35. The number of carbonyl (C=O) groups excluding carboxylic acids is 1. The van der Waals surface area contributed by atoms with Crippen LogP contribution in [0.25, 0.3) is 0 Å². The summed E-state index contributed by atoms with van der Waals surface area (Å²) in [5, 5.41) is 0. The summed E-state index contributed by atoms with van der Waals surface area (Å²) in [5.74, 6) is 0.468. The van der Waals surface area contributed by atoms with E-state index in [9.17, 15) is 4.79 Å². The molecule has 3 saturated heterocycles. The van der Waals surface area contributed by atoms with Crippen LogP contribution in [0.1, 0.15) is 31.2 Å². The molecule has 3 heterocycles. The van der Waals surface area contributed by atoms with Gasteiger partial charge < -0.3 is 14.4 Å². The number of benzene rings is 1. The number of nitrogens with zero attached hydrogens (tertiary/aromatic N) is 2. The van der Waals surface area contributed by atoms with Crippen molar-refractivity contribution in [1.82, 2.24) is 9.80 Å². The lowest BCUT2D eigenvalue weighted by atomic mass is 9.90. The van der Waals surface area contributed by atoms with Gasteiger partial charge in [0.15, 0.2) is 0 Å². The molecule has 3 fully saturated rings. The fourth-order valence-electron chi connectivity index (χ4n) is 4.53. The van der Waals surface area contributed by atoms with Gasteiger partial charge in [0.05, 0.1) is 18.1 Å². The van der Waals surface area contributed by atoms with Gasteiger partial charge in [0.25, 0.3) is 0 Å². The molecule has 26 heavy (non-hydrogen) atoms. The van der Waals surface area contributed by atoms with E-state index in [0.29, 0.717) is 12.5 Å². The molecule has 0 aliphatic carbocycles. The molecule has 4 rings (SSSR count). The normalized spacial score (nSPS) is 26.8. The number of rotatable bonds is 3. The molecule has 0 N–H and O–H groups in total. The molecule has 5 nitrogen and oxygen atoms in total. The number of amides is 1. The van der Waals surface area contributed by atoms with Crippen LogP contribution in [0.2, 0.25) is 0 Å². The van der Waals surface area contributed by atoms with Crippen molar-refractivity contribution in [3.8, 4) is 0 Å².